The molecule has 4 aromatic carbocycles. The van der Waals surface area contributed by atoms with Crippen molar-refractivity contribution in [3.05, 3.63) is 40.4 Å². The van der Waals surface area contributed by atoms with Gasteiger partial charge in [-0.25, -0.2) is 0 Å². The molecule has 0 fully saturated rings. The molecule has 4 aromatic rings. The maximum Gasteiger partial charge on any atom is 0.323 e. The zero-order chi connectivity index (χ0) is 36.6. The molecule has 0 unspecified atom stereocenters. The van der Waals surface area contributed by atoms with Gasteiger partial charge in [-0.2, -0.15) is 0 Å². The number of ether oxygens (including phenoxy) is 6. The highest BCUT2D eigenvalue weighted by Crippen LogP contribution is 2.52. The van der Waals surface area contributed by atoms with Gasteiger partial charge < -0.3 is 28.4 Å². The van der Waals surface area contributed by atoms with E-state index in [9.17, 15) is 10.1 Å². The van der Waals surface area contributed by atoms with Crippen molar-refractivity contribution >= 4 is 38.0 Å². The molecular weight excluding hydrogens is 646 g/mol. The van der Waals surface area contributed by atoms with Crippen LogP contribution in [0.1, 0.15) is 119 Å². The largest absolute Gasteiger partial charge is 0.490 e. The minimum Gasteiger partial charge on any atom is -0.490 e. The molecule has 4 rings (SSSR count). The van der Waals surface area contributed by atoms with E-state index in [-0.39, 0.29) is 16.4 Å². The summed E-state index contributed by atoms with van der Waals surface area (Å²) in [7, 11) is 0. The Labute approximate surface area is 304 Å². The molecule has 0 radical (unpaired) electrons. The van der Waals surface area contributed by atoms with Crippen LogP contribution in [0, 0.1) is 10.1 Å². The molecule has 0 saturated heterocycles. The fourth-order valence-corrected chi connectivity index (χ4v) is 5.93. The fraction of sp³-hybridized carbons (Fsp3) is 0.571. The lowest BCUT2D eigenvalue weighted by Gasteiger charge is -2.21. The van der Waals surface area contributed by atoms with E-state index < -0.39 is 0 Å². The maximum absolute atomic E-state index is 13.3. The van der Waals surface area contributed by atoms with E-state index in [1.54, 1.807) is 0 Å². The highest BCUT2D eigenvalue weighted by Gasteiger charge is 2.30. The SMILES string of the molecule is CCCCOc1cc2c3cc(OCCCC)c(OCCCC)cc3c3c([N+](=O)[O-])c(OCCCC)c(OCCCC)cc3c2cc1OCCCC. The number of nitro groups is 1. The summed E-state index contributed by atoms with van der Waals surface area (Å²) in [5, 5.41) is 17.6. The van der Waals surface area contributed by atoms with Gasteiger partial charge in [0.15, 0.2) is 28.7 Å². The van der Waals surface area contributed by atoms with E-state index in [2.05, 4.69) is 41.5 Å². The van der Waals surface area contributed by atoms with Crippen LogP contribution in [0.3, 0.4) is 0 Å². The summed E-state index contributed by atoms with van der Waals surface area (Å²) < 4.78 is 38.0. The zero-order valence-corrected chi connectivity index (χ0v) is 31.8. The molecule has 280 valence electrons. The monoisotopic (exact) mass is 705 g/mol. The molecule has 0 amide bonds. The first kappa shape index (κ1) is 39.6. The van der Waals surface area contributed by atoms with Crippen LogP contribution in [-0.4, -0.2) is 44.6 Å². The summed E-state index contributed by atoms with van der Waals surface area (Å²) in [5.74, 6) is 2.98. The molecule has 0 aromatic heterocycles. The van der Waals surface area contributed by atoms with Crippen molar-refractivity contribution < 1.29 is 33.3 Å². The van der Waals surface area contributed by atoms with Crippen LogP contribution in [-0.2, 0) is 0 Å². The normalized spacial score (nSPS) is 11.3. The van der Waals surface area contributed by atoms with Gasteiger partial charge in [0.05, 0.1) is 50.0 Å². The Kier molecular flexibility index (Phi) is 16.0. The van der Waals surface area contributed by atoms with E-state index in [1.165, 1.54) is 0 Å². The van der Waals surface area contributed by atoms with Crippen molar-refractivity contribution in [3.63, 3.8) is 0 Å². The first-order valence-electron chi connectivity index (χ1n) is 19.4. The molecule has 9 heteroatoms. The van der Waals surface area contributed by atoms with Crippen LogP contribution in [0.2, 0.25) is 0 Å². The molecule has 0 aliphatic rings. The minimum absolute atomic E-state index is 0.113. The molecule has 0 aliphatic carbocycles. The number of fused-ring (bicyclic) bond motifs is 6. The number of hydrogen-bond acceptors (Lipinski definition) is 8. The second kappa shape index (κ2) is 20.6. The van der Waals surface area contributed by atoms with E-state index >= 15 is 0 Å². The van der Waals surface area contributed by atoms with Gasteiger partial charge >= 0.3 is 5.69 Å². The molecule has 0 aliphatic heterocycles. The highest BCUT2D eigenvalue weighted by atomic mass is 16.6. The smallest absolute Gasteiger partial charge is 0.323 e. The molecule has 0 N–H and O–H groups in total. The molecule has 0 atom stereocenters. The first-order chi connectivity index (χ1) is 24.9. The second-order valence-electron chi connectivity index (χ2n) is 13.1. The van der Waals surface area contributed by atoms with E-state index in [1.807, 2.05) is 30.3 Å². The molecule has 0 saturated carbocycles. The Hall–Kier alpha value is -4.14. The Morgan fingerprint density at radius 1 is 0.431 bits per heavy atom. The summed E-state index contributed by atoms with van der Waals surface area (Å²) in [6.07, 6.45) is 10.9. The number of nitrogens with zero attached hydrogens (tertiary/aromatic N) is 1. The van der Waals surface area contributed by atoms with Gasteiger partial charge in [-0.1, -0.05) is 80.1 Å². The Morgan fingerprint density at radius 2 is 0.706 bits per heavy atom. The lowest BCUT2D eigenvalue weighted by atomic mass is 9.92. The van der Waals surface area contributed by atoms with Gasteiger partial charge in [0.2, 0.25) is 5.75 Å². The number of hydrogen-bond donors (Lipinski definition) is 0. The zero-order valence-electron chi connectivity index (χ0n) is 31.8. The average molecular weight is 706 g/mol. The molecule has 9 nitrogen and oxygen atoms in total. The summed E-state index contributed by atoms with van der Waals surface area (Å²) in [6, 6.07) is 9.81. The molecule has 51 heavy (non-hydrogen) atoms. The van der Waals surface area contributed by atoms with Crippen molar-refractivity contribution in [2.75, 3.05) is 39.6 Å². The summed E-state index contributed by atoms with van der Waals surface area (Å²) in [5.41, 5.74) is -0.113. The van der Waals surface area contributed by atoms with Crippen molar-refractivity contribution in [1.82, 2.24) is 0 Å². The topological polar surface area (TPSA) is 98.5 Å². The number of nitro benzene ring substituents is 1. The van der Waals surface area contributed by atoms with Gasteiger partial charge in [-0.3, -0.25) is 10.1 Å². The highest BCUT2D eigenvalue weighted by molar-refractivity contribution is 6.29. The lowest BCUT2D eigenvalue weighted by Crippen LogP contribution is -2.07. The number of benzene rings is 4. The van der Waals surface area contributed by atoms with Crippen LogP contribution in [0.25, 0.3) is 32.3 Å². The molecular formula is C42H59NO8. The predicted molar refractivity (Wildman–Crippen MR) is 208 cm³/mol. The van der Waals surface area contributed by atoms with Gasteiger partial charge in [-0.15, -0.1) is 0 Å². The van der Waals surface area contributed by atoms with E-state index in [0.717, 1.165) is 93.2 Å². The Bertz CT molecular complexity index is 1660. The van der Waals surface area contributed by atoms with E-state index in [0.29, 0.717) is 84.5 Å². The first-order valence-corrected chi connectivity index (χ1v) is 19.4. The van der Waals surface area contributed by atoms with Gasteiger partial charge in [-0.05, 0) is 85.0 Å². The van der Waals surface area contributed by atoms with Gasteiger partial charge in [0.25, 0.3) is 0 Å². The fourth-order valence-electron chi connectivity index (χ4n) is 5.93. The van der Waals surface area contributed by atoms with Crippen molar-refractivity contribution in [1.29, 1.82) is 0 Å². The summed E-state index contributed by atoms with van der Waals surface area (Å²) in [4.78, 5) is 13.0. The number of unbranched alkanes of at least 4 members (excludes halogenated alkanes) is 6. The van der Waals surface area contributed by atoms with Crippen molar-refractivity contribution in [2.24, 2.45) is 0 Å². The quantitative estimate of drug-likeness (QED) is 0.0291. The van der Waals surface area contributed by atoms with Gasteiger partial charge in [0.1, 0.15) is 0 Å². The third kappa shape index (κ3) is 10.0. The third-order valence-electron chi connectivity index (χ3n) is 8.94. The van der Waals surface area contributed by atoms with Crippen molar-refractivity contribution in [3.8, 4) is 34.5 Å². The van der Waals surface area contributed by atoms with Crippen LogP contribution < -0.4 is 28.4 Å². The molecule has 0 spiro atoms. The Balaban J connectivity index is 2.18. The standard InChI is InChI=1S/C42H59NO8/c1-7-13-19-46-35-25-30-31-26-37(48-21-15-9-3)38(49-22-16-10-4)28-33(31)40-34(32(30)27-36(35)47-20-14-8-2)29-39(50-23-17-11-5)42(41(40)43(44)45)51-24-18-12-6/h25-29H,7-24H2,1-6H3. The van der Waals surface area contributed by atoms with Crippen molar-refractivity contribution in [2.45, 2.75) is 119 Å². The van der Waals surface area contributed by atoms with Crippen LogP contribution in [0.4, 0.5) is 5.69 Å². The summed E-state index contributed by atoms with van der Waals surface area (Å²) in [6.45, 7) is 15.6. The third-order valence-corrected chi connectivity index (χ3v) is 8.94. The average Bonchev–Trinajstić information content (AvgIpc) is 3.12. The van der Waals surface area contributed by atoms with Gasteiger partial charge in [0, 0.05) is 10.8 Å². The molecule has 0 heterocycles. The predicted octanol–water partition coefficient (Wildman–Crippen LogP) is 12.1. The van der Waals surface area contributed by atoms with Crippen LogP contribution in [0.15, 0.2) is 30.3 Å². The van der Waals surface area contributed by atoms with Crippen LogP contribution in [0.5, 0.6) is 34.5 Å². The minimum atomic E-state index is -0.328. The van der Waals surface area contributed by atoms with Crippen LogP contribution >= 0.6 is 0 Å². The second-order valence-corrected chi connectivity index (χ2v) is 13.1. The molecule has 0 bridgehead atoms. The number of rotatable bonds is 25. The Morgan fingerprint density at radius 3 is 1.04 bits per heavy atom. The van der Waals surface area contributed by atoms with E-state index in [4.69, 9.17) is 28.4 Å². The summed E-state index contributed by atoms with van der Waals surface area (Å²) >= 11 is 0. The lowest BCUT2D eigenvalue weighted by molar-refractivity contribution is -0.384. The maximum atomic E-state index is 13.3.